The van der Waals surface area contributed by atoms with E-state index in [4.69, 9.17) is 9.26 Å². The van der Waals surface area contributed by atoms with Crippen molar-refractivity contribution in [1.29, 1.82) is 0 Å². The van der Waals surface area contributed by atoms with Gasteiger partial charge in [0.2, 0.25) is 5.88 Å². The fourth-order valence-electron chi connectivity index (χ4n) is 2.96. The zero-order chi connectivity index (χ0) is 25.0. The molecule has 2 heterocycles. The SMILES string of the molecule is CCOc1ccc(Nc2nc(C(=O)Nc3ccc(S(=O)(=O)Nc4onc(C)c4C)cc3)cs2)cc1. The number of benzene rings is 2. The first-order valence-electron chi connectivity index (χ1n) is 10.6. The summed E-state index contributed by atoms with van der Waals surface area (Å²) in [4.78, 5) is 16.9. The Hall–Kier alpha value is -3.90. The largest absolute Gasteiger partial charge is 0.494 e. The topological polar surface area (TPSA) is 135 Å². The second-order valence-corrected chi connectivity index (χ2v) is 9.97. The third-order valence-corrected chi connectivity index (χ3v) is 7.06. The highest BCUT2D eigenvalue weighted by Gasteiger charge is 2.19. The Balaban J connectivity index is 1.38. The standard InChI is InChI=1S/C23H23N5O5S2/c1-4-32-18-9-5-17(6-10-18)25-23-26-20(13-34-23)21(29)24-16-7-11-19(12-8-16)35(30,31)28-22-14(2)15(3)27-33-22/h5-13,28H,4H2,1-3H3,(H,24,29)(H,25,26). The van der Waals surface area contributed by atoms with Crippen molar-refractivity contribution in [3.8, 4) is 5.75 Å². The molecular weight excluding hydrogens is 490 g/mol. The molecular formula is C23H23N5O5S2. The lowest BCUT2D eigenvalue weighted by Crippen LogP contribution is -2.14. The van der Waals surface area contributed by atoms with Gasteiger partial charge in [0.25, 0.3) is 15.9 Å². The van der Waals surface area contributed by atoms with E-state index in [0.717, 1.165) is 11.4 Å². The third kappa shape index (κ3) is 5.78. The Kier molecular flexibility index (Phi) is 7.03. The number of nitrogens with zero attached hydrogens (tertiary/aromatic N) is 2. The number of hydrogen-bond donors (Lipinski definition) is 3. The highest BCUT2D eigenvalue weighted by molar-refractivity contribution is 7.92. The maximum absolute atomic E-state index is 12.6. The number of amides is 1. The molecule has 0 unspecified atom stereocenters. The molecule has 2 aromatic carbocycles. The van der Waals surface area contributed by atoms with Gasteiger partial charge in [-0.2, -0.15) is 0 Å². The smallest absolute Gasteiger partial charge is 0.275 e. The van der Waals surface area contributed by atoms with Crippen LogP contribution in [0.5, 0.6) is 5.75 Å². The summed E-state index contributed by atoms with van der Waals surface area (Å²) in [6.07, 6.45) is 0. The van der Waals surface area contributed by atoms with E-state index in [0.29, 0.717) is 28.7 Å². The first-order valence-corrected chi connectivity index (χ1v) is 12.9. The Morgan fingerprint density at radius 1 is 1.06 bits per heavy atom. The van der Waals surface area contributed by atoms with Crippen LogP contribution in [0.3, 0.4) is 0 Å². The number of sulfonamides is 1. The number of hydrogen-bond acceptors (Lipinski definition) is 9. The van der Waals surface area contributed by atoms with Crippen molar-refractivity contribution < 1.29 is 22.5 Å². The minimum Gasteiger partial charge on any atom is -0.494 e. The zero-order valence-electron chi connectivity index (χ0n) is 19.2. The van der Waals surface area contributed by atoms with Gasteiger partial charge in [-0.25, -0.2) is 18.1 Å². The van der Waals surface area contributed by atoms with Crippen LogP contribution < -0.4 is 20.1 Å². The fraction of sp³-hybridized carbons (Fsp3) is 0.174. The molecule has 0 spiro atoms. The zero-order valence-corrected chi connectivity index (χ0v) is 20.8. The lowest BCUT2D eigenvalue weighted by Gasteiger charge is -2.08. The van der Waals surface area contributed by atoms with Crippen LogP contribution in [0.15, 0.2) is 63.3 Å². The first-order chi connectivity index (χ1) is 16.7. The normalized spacial score (nSPS) is 11.2. The Morgan fingerprint density at radius 2 is 1.74 bits per heavy atom. The van der Waals surface area contributed by atoms with E-state index < -0.39 is 15.9 Å². The summed E-state index contributed by atoms with van der Waals surface area (Å²) in [6, 6.07) is 13.2. The van der Waals surface area contributed by atoms with Crippen LogP contribution in [-0.2, 0) is 10.0 Å². The molecule has 0 atom stereocenters. The predicted molar refractivity (Wildman–Crippen MR) is 134 cm³/mol. The molecule has 2 aromatic heterocycles. The van der Waals surface area contributed by atoms with Crippen molar-refractivity contribution >= 4 is 49.7 Å². The van der Waals surface area contributed by atoms with E-state index in [1.165, 1.54) is 35.6 Å². The molecule has 10 nitrogen and oxygen atoms in total. The molecule has 35 heavy (non-hydrogen) atoms. The van der Waals surface area contributed by atoms with Crippen LogP contribution in [0.2, 0.25) is 0 Å². The number of nitrogens with one attached hydrogen (secondary N) is 3. The lowest BCUT2D eigenvalue weighted by atomic mass is 10.3. The molecule has 0 radical (unpaired) electrons. The Labute approximate surface area is 206 Å². The fourth-order valence-corrected chi connectivity index (χ4v) is 4.72. The summed E-state index contributed by atoms with van der Waals surface area (Å²) in [6.45, 7) is 5.94. The van der Waals surface area contributed by atoms with Crippen molar-refractivity contribution in [2.75, 3.05) is 22.0 Å². The van der Waals surface area contributed by atoms with Crippen LogP contribution in [-0.4, -0.2) is 31.1 Å². The average molecular weight is 514 g/mol. The maximum atomic E-state index is 12.6. The number of aromatic nitrogens is 2. The van der Waals surface area contributed by atoms with E-state index in [1.54, 1.807) is 19.2 Å². The van der Waals surface area contributed by atoms with E-state index in [9.17, 15) is 13.2 Å². The minimum atomic E-state index is -3.88. The molecule has 0 aliphatic carbocycles. The number of rotatable bonds is 9. The molecule has 0 saturated carbocycles. The summed E-state index contributed by atoms with van der Waals surface area (Å²) in [5.74, 6) is 0.426. The number of aryl methyl sites for hydroxylation is 1. The lowest BCUT2D eigenvalue weighted by molar-refractivity contribution is 0.102. The summed E-state index contributed by atoms with van der Waals surface area (Å²) in [7, 11) is -3.88. The molecule has 12 heteroatoms. The van der Waals surface area contributed by atoms with Gasteiger partial charge in [-0.15, -0.1) is 11.3 Å². The Morgan fingerprint density at radius 3 is 2.37 bits per heavy atom. The van der Waals surface area contributed by atoms with Crippen LogP contribution in [0.4, 0.5) is 22.4 Å². The van der Waals surface area contributed by atoms with Gasteiger partial charge in [0, 0.05) is 22.3 Å². The van der Waals surface area contributed by atoms with Crippen LogP contribution in [0, 0.1) is 13.8 Å². The highest BCUT2D eigenvalue weighted by Crippen LogP contribution is 2.25. The number of carbonyl (C=O) groups excluding carboxylic acids is 1. The molecule has 182 valence electrons. The van der Waals surface area contributed by atoms with Crippen LogP contribution in [0.25, 0.3) is 0 Å². The van der Waals surface area contributed by atoms with Crippen LogP contribution in [0.1, 0.15) is 28.7 Å². The van der Waals surface area contributed by atoms with Crippen molar-refractivity contribution in [1.82, 2.24) is 10.1 Å². The quantitative estimate of drug-likeness (QED) is 0.286. The highest BCUT2D eigenvalue weighted by atomic mass is 32.2. The van der Waals surface area contributed by atoms with Gasteiger partial charge in [-0.1, -0.05) is 5.16 Å². The van der Waals surface area contributed by atoms with E-state index in [-0.39, 0.29) is 16.5 Å². The first kappa shape index (κ1) is 24.2. The average Bonchev–Trinajstić information content (AvgIpc) is 3.43. The van der Waals surface area contributed by atoms with Gasteiger partial charge in [-0.05, 0) is 69.3 Å². The predicted octanol–water partition coefficient (Wildman–Crippen LogP) is 4.94. The molecule has 4 rings (SSSR count). The molecule has 3 N–H and O–H groups in total. The molecule has 0 aliphatic heterocycles. The summed E-state index contributed by atoms with van der Waals surface area (Å²) in [5, 5.41) is 11.8. The van der Waals surface area contributed by atoms with Gasteiger partial charge in [0.15, 0.2) is 5.13 Å². The van der Waals surface area contributed by atoms with Gasteiger partial charge in [0.05, 0.1) is 17.2 Å². The van der Waals surface area contributed by atoms with E-state index in [1.807, 2.05) is 31.2 Å². The van der Waals surface area contributed by atoms with E-state index in [2.05, 4.69) is 25.5 Å². The molecule has 0 aliphatic rings. The van der Waals surface area contributed by atoms with Crippen molar-refractivity contribution in [2.24, 2.45) is 0 Å². The molecule has 1 amide bonds. The van der Waals surface area contributed by atoms with Gasteiger partial charge >= 0.3 is 0 Å². The minimum absolute atomic E-state index is 0.0134. The maximum Gasteiger partial charge on any atom is 0.275 e. The van der Waals surface area contributed by atoms with Gasteiger partial charge in [-0.3, -0.25) is 4.79 Å². The molecule has 0 saturated heterocycles. The third-order valence-electron chi connectivity index (χ3n) is 4.96. The van der Waals surface area contributed by atoms with Gasteiger partial charge in [0.1, 0.15) is 11.4 Å². The molecule has 0 bridgehead atoms. The summed E-state index contributed by atoms with van der Waals surface area (Å²) < 4.78 is 38.0. The number of thiazole rings is 1. The number of carbonyl (C=O) groups is 1. The monoisotopic (exact) mass is 513 g/mol. The molecule has 0 fully saturated rings. The number of anilines is 4. The van der Waals surface area contributed by atoms with Gasteiger partial charge < -0.3 is 19.9 Å². The van der Waals surface area contributed by atoms with Crippen molar-refractivity contribution in [2.45, 2.75) is 25.7 Å². The molecule has 4 aromatic rings. The second kappa shape index (κ2) is 10.2. The second-order valence-electron chi connectivity index (χ2n) is 7.43. The van der Waals surface area contributed by atoms with Crippen molar-refractivity contribution in [3.63, 3.8) is 0 Å². The van der Waals surface area contributed by atoms with E-state index >= 15 is 0 Å². The summed E-state index contributed by atoms with van der Waals surface area (Å²) in [5.41, 5.74) is 2.68. The number of ether oxygens (including phenoxy) is 1. The van der Waals surface area contributed by atoms with Crippen LogP contribution >= 0.6 is 11.3 Å². The van der Waals surface area contributed by atoms with Crippen molar-refractivity contribution in [3.05, 3.63) is 70.9 Å². The summed E-state index contributed by atoms with van der Waals surface area (Å²) >= 11 is 1.29. The Bertz CT molecular complexity index is 1430.